The van der Waals surface area contributed by atoms with E-state index in [1.807, 2.05) is 30.3 Å². The average Bonchev–Trinajstić information content (AvgIpc) is 3.02. The molecule has 0 saturated heterocycles. The molecule has 0 aliphatic carbocycles. The van der Waals surface area contributed by atoms with Crippen molar-refractivity contribution in [2.75, 3.05) is 5.32 Å². The summed E-state index contributed by atoms with van der Waals surface area (Å²) in [5, 5.41) is 8.29. The number of rotatable bonds is 10. The molecule has 0 aliphatic heterocycles. The van der Waals surface area contributed by atoms with Gasteiger partial charge in [-0.25, -0.2) is 0 Å². The summed E-state index contributed by atoms with van der Waals surface area (Å²) in [6.07, 6.45) is 7.65. The van der Waals surface area contributed by atoms with Gasteiger partial charge in [-0.2, -0.15) is 0 Å². The molecule has 0 unspecified atom stereocenters. The Kier molecular flexibility index (Phi) is 7.10. The highest BCUT2D eigenvalue weighted by atomic mass is 35.5. The van der Waals surface area contributed by atoms with Crippen molar-refractivity contribution >= 4 is 39.6 Å². The molecule has 3 rings (SSSR count). The monoisotopic (exact) mass is 397 g/mol. The van der Waals surface area contributed by atoms with Gasteiger partial charge in [0.15, 0.2) is 0 Å². The minimum atomic E-state index is 0.416. The Labute approximate surface area is 171 Å². The van der Waals surface area contributed by atoms with Gasteiger partial charge in [-0.15, -0.1) is 4.91 Å². The van der Waals surface area contributed by atoms with Crippen LogP contribution in [0, 0.1) is 11.8 Å². The van der Waals surface area contributed by atoms with E-state index in [0.717, 1.165) is 28.8 Å². The van der Waals surface area contributed by atoms with E-state index in [4.69, 9.17) is 11.6 Å². The van der Waals surface area contributed by atoms with Gasteiger partial charge in [0.05, 0.1) is 11.2 Å². The topological polar surface area (TPSA) is 46.4 Å². The zero-order valence-corrected chi connectivity index (χ0v) is 17.4. The number of aryl methyl sites for hydroxylation is 2. The Morgan fingerprint density at radius 2 is 1.71 bits per heavy atom. The van der Waals surface area contributed by atoms with Crippen LogP contribution in [0.4, 0.5) is 17.1 Å². The summed E-state index contributed by atoms with van der Waals surface area (Å²) >= 11 is 5.98. The fourth-order valence-corrected chi connectivity index (χ4v) is 3.81. The van der Waals surface area contributed by atoms with Gasteiger partial charge in [0.1, 0.15) is 5.69 Å². The summed E-state index contributed by atoms with van der Waals surface area (Å²) in [5.41, 5.74) is 4.38. The Bertz CT molecular complexity index is 931. The van der Waals surface area contributed by atoms with Gasteiger partial charge in [0, 0.05) is 28.3 Å². The smallest absolute Gasteiger partial charge is 0.132 e. The van der Waals surface area contributed by atoms with Crippen LogP contribution in [0.15, 0.2) is 47.6 Å². The second-order valence-corrected chi connectivity index (χ2v) is 7.76. The lowest BCUT2D eigenvalue weighted by atomic mass is 10.1. The number of benzene rings is 2. The Hall–Kier alpha value is -2.33. The number of fused-ring (bicyclic) bond motifs is 1. The zero-order valence-electron chi connectivity index (χ0n) is 16.7. The average molecular weight is 398 g/mol. The molecule has 1 aromatic heterocycles. The molecule has 1 heterocycles. The van der Waals surface area contributed by atoms with Gasteiger partial charge in [-0.05, 0) is 61.0 Å². The van der Waals surface area contributed by atoms with E-state index < -0.39 is 0 Å². The maximum atomic E-state index is 11.4. The second-order valence-electron chi connectivity index (χ2n) is 7.32. The van der Waals surface area contributed by atoms with Gasteiger partial charge in [0.2, 0.25) is 0 Å². The number of halogens is 1. The number of aromatic nitrogens is 1. The van der Waals surface area contributed by atoms with Crippen LogP contribution in [0.1, 0.15) is 51.1 Å². The molecule has 0 saturated carbocycles. The van der Waals surface area contributed by atoms with Crippen LogP contribution in [0.3, 0.4) is 0 Å². The first-order valence-corrected chi connectivity index (χ1v) is 10.5. The van der Waals surface area contributed by atoms with Gasteiger partial charge < -0.3 is 9.88 Å². The molecule has 0 bridgehead atoms. The van der Waals surface area contributed by atoms with Gasteiger partial charge in [-0.3, -0.25) is 0 Å². The van der Waals surface area contributed by atoms with E-state index in [9.17, 15) is 4.91 Å². The molecule has 0 radical (unpaired) electrons. The number of anilines is 2. The van der Waals surface area contributed by atoms with Gasteiger partial charge in [-0.1, -0.05) is 50.6 Å². The first-order chi connectivity index (χ1) is 13.6. The van der Waals surface area contributed by atoms with E-state index in [1.165, 1.54) is 44.2 Å². The summed E-state index contributed by atoms with van der Waals surface area (Å²) in [7, 11) is 0. The molecule has 28 heavy (non-hydrogen) atoms. The number of hydrogen-bond donors (Lipinski definition) is 1. The quantitative estimate of drug-likeness (QED) is 0.277. The highest BCUT2D eigenvalue weighted by Crippen LogP contribution is 2.37. The molecule has 0 atom stereocenters. The second kappa shape index (κ2) is 9.74. The lowest BCUT2D eigenvalue weighted by Gasteiger charge is -2.12. The fraction of sp³-hybridized carbons (Fsp3) is 0.391. The summed E-state index contributed by atoms with van der Waals surface area (Å²) in [6.45, 7) is 5.36. The van der Waals surface area contributed by atoms with Crippen LogP contribution in [0.25, 0.3) is 10.9 Å². The van der Waals surface area contributed by atoms with E-state index in [2.05, 4.69) is 35.0 Å². The van der Waals surface area contributed by atoms with Gasteiger partial charge >= 0.3 is 0 Å². The largest absolute Gasteiger partial charge is 0.353 e. The molecule has 0 amide bonds. The number of nitrogens with one attached hydrogen (secondary N) is 1. The molecule has 0 fully saturated rings. The Morgan fingerprint density at radius 1 is 1.00 bits per heavy atom. The molecule has 0 spiro atoms. The number of nitroso groups, excluding NO2 is 1. The Balaban J connectivity index is 1.84. The van der Waals surface area contributed by atoms with Crippen molar-refractivity contribution in [2.45, 2.75) is 58.9 Å². The van der Waals surface area contributed by atoms with Crippen molar-refractivity contribution in [3.63, 3.8) is 0 Å². The minimum Gasteiger partial charge on any atom is -0.353 e. The highest BCUT2D eigenvalue weighted by molar-refractivity contribution is 6.30. The predicted molar refractivity (Wildman–Crippen MR) is 120 cm³/mol. The van der Waals surface area contributed by atoms with Crippen molar-refractivity contribution in [3.8, 4) is 0 Å². The minimum absolute atomic E-state index is 0.416. The first-order valence-electron chi connectivity index (χ1n) is 10.1. The normalized spacial score (nSPS) is 11.1. The van der Waals surface area contributed by atoms with Crippen LogP contribution in [0.2, 0.25) is 5.02 Å². The lowest BCUT2D eigenvalue weighted by molar-refractivity contribution is 0.561. The van der Waals surface area contributed by atoms with Crippen LogP contribution in [-0.4, -0.2) is 4.57 Å². The SMILES string of the molecule is CCCCCCCCn1c(C)cc2c(Nc3ccc(Cl)cc3)c(N=O)ccc21. The number of nitrogens with zero attached hydrogens (tertiary/aromatic N) is 2. The van der Waals surface area contributed by atoms with E-state index in [-0.39, 0.29) is 0 Å². The summed E-state index contributed by atoms with van der Waals surface area (Å²) in [4.78, 5) is 11.4. The zero-order chi connectivity index (χ0) is 19.9. The Morgan fingerprint density at radius 3 is 2.43 bits per heavy atom. The van der Waals surface area contributed by atoms with Crippen molar-refractivity contribution in [1.82, 2.24) is 4.57 Å². The first kappa shape index (κ1) is 20.4. The molecule has 5 heteroatoms. The molecule has 0 aliphatic rings. The molecular formula is C23H28ClN3O. The number of unbranched alkanes of at least 4 members (excludes halogenated alkanes) is 5. The van der Waals surface area contributed by atoms with Gasteiger partial charge in [0.25, 0.3) is 0 Å². The van der Waals surface area contributed by atoms with E-state index in [0.29, 0.717) is 10.7 Å². The van der Waals surface area contributed by atoms with Crippen molar-refractivity contribution in [3.05, 3.63) is 58.1 Å². The molecule has 2 aromatic carbocycles. The summed E-state index contributed by atoms with van der Waals surface area (Å²) in [5.74, 6) is 0. The third-order valence-corrected chi connectivity index (χ3v) is 5.47. The third-order valence-electron chi connectivity index (χ3n) is 5.22. The van der Waals surface area contributed by atoms with Crippen LogP contribution < -0.4 is 5.32 Å². The van der Waals surface area contributed by atoms with Crippen molar-refractivity contribution in [1.29, 1.82) is 0 Å². The lowest BCUT2D eigenvalue weighted by Crippen LogP contribution is -2.00. The maximum Gasteiger partial charge on any atom is 0.132 e. The third kappa shape index (κ3) is 4.74. The fourth-order valence-electron chi connectivity index (χ4n) is 3.69. The molecule has 148 valence electrons. The standard InChI is InChI=1S/C23H28ClN3O/c1-3-4-5-6-7-8-15-27-17(2)16-20-22(27)14-13-21(26-28)23(20)25-19-11-9-18(24)10-12-19/h9-14,16,25H,3-8,15H2,1-2H3. The molecule has 1 N–H and O–H groups in total. The summed E-state index contributed by atoms with van der Waals surface area (Å²) < 4.78 is 2.34. The van der Waals surface area contributed by atoms with Crippen molar-refractivity contribution in [2.24, 2.45) is 5.18 Å². The predicted octanol–water partition coefficient (Wildman–Crippen LogP) is 8.11. The summed E-state index contributed by atoms with van der Waals surface area (Å²) in [6, 6.07) is 13.4. The van der Waals surface area contributed by atoms with Crippen LogP contribution in [0.5, 0.6) is 0 Å². The van der Waals surface area contributed by atoms with Crippen LogP contribution >= 0.6 is 11.6 Å². The molecule has 3 aromatic rings. The molecular weight excluding hydrogens is 370 g/mol. The molecule has 4 nitrogen and oxygen atoms in total. The van der Waals surface area contributed by atoms with Crippen LogP contribution in [-0.2, 0) is 6.54 Å². The van der Waals surface area contributed by atoms with Crippen molar-refractivity contribution < 1.29 is 0 Å². The highest BCUT2D eigenvalue weighted by Gasteiger charge is 2.14. The van der Waals surface area contributed by atoms with E-state index >= 15 is 0 Å². The maximum absolute atomic E-state index is 11.4. The van der Waals surface area contributed by atoms with E-state index in [1.54, 1.807) is 6.07 Å². The number of hydrogen-bond acceptors (Lipinski definition) is 3.